The van der Waals surface area contributed by atoms with Gasteiger partial charge in [0, 0.05) is 55.8 Å². The minimum atomic E-state index is -4.39. The molecular weight excluding hydrogens is 625 g/mol. The van der Waals surface area contributed by atoms with Gasteiger partial charge in [-0.05, 0) is 88.2 Å². The van der Waals surface area contributed by atoms with Gasteiger partial charge in [-0.2, -0.15) is 13.2 Å². The van der Waals surface area contributed by atoms with Crippen LogP contribution in [0.3, 0.4) is 0 Å². The highest BCUT2D eigenvalue weighted by Gasteiger charge is 2.32. The van der Waals surface area contributed by atoms with Crippen LogP contribution in [-0.2, 0) is 17.5 Å². The number of nitrogens with one attached hydrogen (secondary N) is 1. The van der Waals surface area contributed by atoms with Crippen molar-refractivity contribution in [3.63, 3.8) is 0 Å². The third-order valence-corrected chi connectivity index (χ3v) is 8.48. The number of carbonyl (C=O) groups is 2. The van der Waals surface area contributed by atoms with Gasteiger partial charge < -0.3 is 24.8 Å². The van der Waals surface area contributed by atoms with Crippen LogP contribution in [0.25, 0.3) is 0 Å². The standard InChI is InChI=1S/C36H45F3N4O5/c1-24-20-43(25(2)23-44)35(46)31-19-30(41-34(45)28-14-16-40-17-15-28)12-13-32(31)48-26(3)7-5-6-18-47-33(24)22-42(4)21-27-8-10-29(11-9-27)36(37,38)39/h8-17,19,24-26,33,44H,5-7,18,20-23H2,1-4H3,(H,41,45)/t24-,25-,26-,33+/m0/s1. The Balaban J connectivity index is 1.58. The number of alkyl halides is 3. The Hall–Kier alpha value is -4.00. The molecule has 0 aliphatic carbocycles. The molecule has 0 radical (unpaired) electrons. The van der Waals surface area contributed by atoms with Gasteiger partial charge in [0.2, 0.25) is 0 Å². The molecule has 0 spiro atoms. The van der Waals surface area contributed by atoms with Gasteiger partial charge in [-0.1, -0.05) is 19.1 Å². The summed E-state index contributed by atoms with van der Waals surface area (Å²) in [4.78, 5) is 34.8. The van der Waals surface area contributed by atoms with Gasteiger partial charge in [0.05, 0.1) is 36.0 Å². The fourth-order valence-corrected chi connectivity index (χ4v) is 5.65. The maximum atomic E-state index is 14.3. The summed E-state index contributed by atoms with van der Waals surface area (Å²) in [6.07, 6.45) is 0.489. The molecule has 3 aromatic rings. The number of carbonyl (C=O) groups excluding carboxylic acids is 2. The molecule has 1 aliphatic rings. The summed E-state index contributed by atoms with van der Waals surface area (Å²) in [5.74, 6) is -0.508. The topological polar surface area (TPSA) is 104 Å². The maximum absolute atomic E-state index is 14.3. The molecule has 4 rings (SSSR count). The smallest absolute Gasteiger partial charge is 0.416 e. The predicted octanol–water partition coefficient (Wildman–Crippen LogP) is 6.28. The van der Waals surface area contributed by atoms with E-state index in [2.05, 4.69) is 10.3 Å². The van der Waals surface area contributed by atoms with Crippen molar-refractivity contribution in [2.75, 3.05) is 38.7 Å². The number of ether oxygens (including phenoxy) is 2. The first kappa shape index (κ1) is 36.8. The third kappa shape index (κ3) is 10.2. The fraction of sp³-hybridized carbons (Fsp3) is 0.472. The zero-order chi connectivity index (χ0) is 34.8. The molecule has 4 atom stereocenters. The monoisotopic (exact) mass is 670 g/mol. The third-order valence-electron chi connectivity index (χ3n) is 8.48. The summed E-state index contributed by atoms with van der Waals surface area (Å²) >= 11 is 0. The number of hydrogen-bond donors (Lipinski definition) is 2. The van der Waals surface area contributed by atoms with Crippen LogP contribution in [0.15, 0.2) is 67.0 Å². The number of pyridine rings is 1. The van der Waals surface area contributed by atoms with Gasteiger partial charge in [-0.15, -0.1) is 0 Å². The first-order valence-electron chi connectivity index (χ1n) is 16.3. The van der Waals surface area contributed by atoms with Gasteiger partial charge in [0.1, 0.15) is 5.75 Å². The molecule has 48 heavy (non-hydrogen) atoms. The number of fused-ring (bicyclic) bond motifs is 1. The van der Waals surface area contributed by atoms with Crippen LogP contribution >= 0.6 is 0 Å². The molecular formula is C36H45F3N4O5. The van der Waals surface area contributed by atoms with Crippen LogP contribution in [-0.4, -0.2) is 83.3 Å². The molecule has 0 fully saturated rings. The van der Waals surface area contributed by atoms with Crippen molar-refractivity contribution >= 4 is 17.5 Å². The molecule has 0 unspecified atom stereocenters. The number of benzene rings is 2. The average molecular weight is 671 g/mol. The number of anilines is 1. The van der Waals surface area contributed by atoms with E-state index >= 15 is 0 Å². The predicted molar refractivity (Wildman–Crippen MR) is 177 cm³/mol. The second kappa shape index (κ2) is 16.9. The number of aliphatic hydroxyl groups excluding tert-OH is 1. The number of aliphatic hydroxyl groups is 1. The molecule has 260 valence electrons. The first-order valence-corrected chi connectivity index (χ1v) is 16.3. The van der Waals surface area contributed by atoms with E-state index in [0.717, 1.165) is 37.0 Å². The van der Waals surface area contributed by atoms with Crippen LogP contribution < -0.4 is 10.1 Å². The normalized spacial score (nSPS) is 20.4. The van der Waals surface area contributed by atoms with Crippen LogP contribution in [0.1, 0.15) is 71.9 Å². The SMILES string of the molecule is C[C@H]1CCCCO[C@H](CN(C)Cc2ccc(C(F)(F)F)cc2)[C@@H](C)CN([C@@H](C)CO)C(=O)c2cc(NC(=O)c3ccncc3)ccc2O1. The van der Waals surface area contributed by atoms with Crippen LogP contribution in [0.5, 0.6) is 5.75 Å². The van der Waals surface area contributed by atoms with Crippen molar-refractivity contribution in [3.8, 4) is 5.75 Å². The minimum Gasteiger partial charge on any atom is -0.490 e. The highest BCUT2D eigenvalue weighted by molar-refractivity contribution is 6.05. The Morgan fingerprint density at radius 3 is 2.48 bits per heavy atom. The number of amides is 2. The molecule has 2 amide bonds. The van der Waals surface area contributed by atoms with Gasteiger partial charge >= 0.3 is 6.18 Å². The number of nitrogens with zero attached hydrogens (tertiary/aromatic N) is 3. The number of rotatable bonds is 8. The molecule has 2 N–H and O–H groups in total. The summed E-state index contributed by atoms with van der Waals surface area (Å²) in [7, 11) is 1.88. The summed E-state index contributed by atoms with van der Waals surface area (Å²) in [6.45, 7) is 7.04. The lowest BCUT2D eigenvalue weighted by molar-refractivity contribution is -0.137. The highest BCUT2D eigenvalue weighted by atomic mass is 19.4. The van der Waals surface area contributed by atoms with Crippen molar-refractivity contribution < 1.29 is 37.3 Å². The van der Waals surface area contributed by atoms with Crippen LogP contribution in [0.2, 0.25) is 0 Å². The summed E-state index contributed by atoms with van der Waals surface area (Å²) in [6, 6.07) is 12.8. The van der Waals surface area contributed by atoms with E-state index in [0.29, 0.717) is 36.7 Å². The second-order valence-electron chi connectivity index (χ2n) is 12.6. The van der Waals surface area contributed by atoms with E-state index in [1.54, 1.807) is 42.2 Å². The van der Waals surface area contributed by atoms with Crippen molar-refractivity contribution in [3.05, 3.63) is 89.2 Å². The van der Waals surface area contributed by atoms with Gasteiger partial charge in [0.25, 0.3) is 11.8 Å². The van der Waals surface area contributed by atoms with E-state index in [9.17, 15) is 27.9 Å². The Bertz CT molecular complexity index is 1490. The number of halogens is 3. The molecule has 1 aromatic heterocycles. The Morgan fingerprint density at radius 2 is 1.81 bits per heavy atom. The van der Waals surface area contributed by atoms with E-state index in [4.69, 9.17) is 9.47 Å². The van der Waals surface area contributed by atoms with Gasteiger partial charge in [-0.25, -0.2) is 0 Å². The molecule has 2 heterocycles. The first-order chi connectivity index (χ1) is 22.8. The Kier molecular flexibility index (Phi) is 13.0. The number of hydrogen-bond acceptors (Lipinski definition) is 7. The number of aromatic nitrogens is 1. The largest absolute Gasteiger partial charge is 0.490 e. The lowest BCUT2D eigenvalue weighted by Crippen LogP contribution is -2.47. The van der Waals surface area contributed by atoms with E-state index in [1.807, 2.05) is 25.8 Å². The summed E-state index contributed by atoms with van der Waals surface area (Å²) in [5.41, 5.74) is 1.14. The quantitative estimate of drug-likeness (QED) is 0.291. The summed E-state index contributed by atoms with van der Waals surface area (Å²) < 4.78 is 51.8. The lowest BCUT2D eigenvalue weighted by Gasteiger charge is -2.36. The Morgan fingerprint density at radius 1 is 1.10 bits per heavy atom. The van der Waals surface area contributed by atoms with Crippen molar-refractivity contribution in [2.45, 2.75) is 71.0 Å². The zero-order valence-corrected chi connectivity index (χ0v) is 27.9. The van der Waals surface area contributed by atoms with Crippen molar-refractivity contribution in [1.82, 2.24) is 14.8 Å². The summed E-state index contributed by atoms with van der Waals surface area (Å²) in [5, 5.41) is 13.0. The minimum absolute atomic E-state index is 0.182. The molecule has 0 saturated carbocycles. The molecule has 1 aliphatic heterocycles. The van der Waals surface area contributed by atoms with Crippen molar-refractivity contribution in [1.29, 1.82) is 0 Å². The molecule has 2 aromatic carbocycles. The van der Waals surface area contributed by atoms with Gasteiger partial charge in [0.15, 0.2) is 0 Å². The average Bonchev–Trinajstić information content (AvgIpc) is 3.06. The van der Waals surface area contributed by atoms with E-state index in [-0.39, 0.29) is 48.7 Å². The fourth-order valence-electron chi connectivity index (χ4n) is 5.65. The second-order valence-corrected chi connectivity index (χ2v) is 12.6. The lowest BCUT2D eigenvalue weighted by atomic mass is 10.0. The van der Waals surface area contributed by atoms with Crippen molar-refractivity contribution in [2.24, 2.45) is 5.92 Å². The Labute approximate surface area is 280 Å². The maximum Gasteiger partial charge on any atom is 0.416 e. The van der Waals surface area contributed by atoms with Gasteiger partial charge in [-0.3, -0.25) is 19.5 Å². The number of likely N-dealkylation sites (N-methyl/N-ethyl adjacent to an activating group) is 1. The molecule has 0 saturated heterocycles. The van der Waals surface area contributed by atoms with Crippen LogP contribution in [0, 0.1) is 5.92 Å². The molecule has 12 heteroatoms. The van der Waals surface area contributed by atoms with Crippen LogP contribution in [0.4, 0.5) is 18.9 Å². The zero-order valence-electron chi connectivity index (χ0n) is 27.9. The molecule has 0 bridgehead atoms. The molecule has 9 nitrogen and oxygen atoms in total. The van der Waals surface area contributed by atoms with E-state index in [1.165, 1.54) is 24.5 Å². The highest BCUT2D eigenvalue weighted by Crippen LogP contribution is 2.30. The van der Waals surface area contributed by atoms with E-state index < -0.39 is 17.8 Å².